The Hall–Kier alpha value is -2.96. The maximum Gasteiger partial charge on any atom is 0.270 e. The number of amides is 1. The third kappa shape index (κ3) is 2.71. The summed E-state index contributed by atoms with van der Waals surface area (Å²) in [6.45, 7) is 3.68. The highest BCUT2D eigenvalue weighted by atomic mass is 16.5. The van der Waals surface area contributed by atoms with Crippen LogP contribution in [0.2, 0.25) is 0 Å². The molecular formula is C18H19N5O2. The number of carbonyl (C=O) groups is 1. The van der Waals surface area contributed by atoms with Crippen LogP contribution in [0.25, 0.3) is 11.5 Å². The number of rotatable bonds is 3. The first-order chi connectivity index (χ1) is 12.0. The standard InChI is InChI=1S/C18H19N5O2/c1-10-20-18(25-22-10)13-4-6-14-12(8-13)5-7-15(14)21-17(24)16-9-19-11(2)23(16)3/h4,6,8-9,15H,5,7H2,1-3H3,(H,21,24)/t15-/m1/s1. The summed E-state index contributed by atoms with van der Waals surface area (Å²) in [5.74, 6) is 1.86. The van der Waals surface area contributed by atoms with E-state index < -0.39 is 0 Å². The summed E-state index contributed by atoms with van der Waals surface area (Å²) < 4.78 is 7.03. The first-order valence-corrected chi connectivity index (χ1v) is 8.25. The van der Waals surface area contributed by atoms with Gasteiger partial charge in [-0.25, -0.2) is 4.98 Å². The average Bonchev–Trinajstić information content (AvgIpc) is 3.28. The van der Waals surface area contributed by atoms with Crippen LogP contribution in [0.5, 0.6) is 0 Å². The van der Waals surface area contributed by atoms with E-state index in [2.05, 4.69) is 26.5 Å². The Kier molecular flexibility index (Phi) is 3.63. The molecule has 3 aromatic rings. The molecule has 1 amide bonds. The molecule has 1 aromatic carbocycles. The summed E-state index contributed by atoms with van der Waals surface area (Å²) in [7, 11) is 1.85. The summed E-state index contributed by atoms with van der Waals surface area (Å²) in [6.07, 6.45) is 3.40. The molecular weight excluding hydrogens is 318 g/mol. The van der Waals surface area contributed by atoms with Crippen LogP contribution in [0.1, 0.15) is 45.7 Å². The van der Waals surface area contributed by atoms with Gasteiger partial charge in [0.1, 0.15) is 11.5 Å². The minimum atomic E-state index is -0.0995. The van der Waals surface area contributed by atoms with Gasteiger partial charge in [0.05, 0.1) is 12.2 Å². The van der Waals surface area contributed by atoms with Crippen molar-refractivity contribution in [3.05, 3.63) is 52.9 Å². The Labute approximate surface area is 145 Å². The third-order valence-electron chi connectivity index (χ3n) is 4.75. The van der Waals surface area contributed by atoms with Crippen molar-refractivity contribution in [3.63, 3.8) is 0 Å². The Balaban J connectivity index is 1.56. The van der Waals surface area contributed by atoms with Crippen LogP contribution in [0.3, 0.4) is 0 Å². The molecule has 0 fully saturated rings. The van der Waals surface area contributed by atoms with Gasteiger partial charge in [-0.15, -0.1) is 0 Å². The van der Waals surface area contributed by atoms with Gasteiger partial charge in [0.2, 0.25) is 0 Å². The molecule has 0 aliphatic heterocycles. The molecule has 1 aliphatic rings. The Morgan fingerprint density at radius 2 is 2.20 bits per heavy atom. The molecule has 25 heavy (non-hydrogen) atoms. The number of nitrogens with zero attached hydrogens (tertiary/aromatic N) is 4. The molecule has 1 N–H and O–H groups in total. The minimum Gasteiger partial charge on any atom is -0.344 e. The van der Waals surface area contributed by atoms with Crippen LogP contribution in [0.4, 0.5) is 0 Å². The van der Waals surface area contributed by atoms with E-state index >= 15 is 0 Å². The fourth-order valence-electron chi connectivity index (χ4n) is 3.26. The topological polar surface area (TPSA) is 85.8 Å². The summed E-state index contributed by atoms with van der Waals surface area (Å²) >= 11 is 0. The quantitative estimate of drug-likeness (QED) is 0.793. The number of aryl methyl sites for hydroxylation is 3. The monoisotopic (exact) mass is 337 g/mol. The Morgan fingerprint density at radius 3 is 2.88 bits per heavy atom. The largest absolute Gasteiger partial charge is 0.344 e. The minimum absolute atomic E-state index is 0.0103. The molecule has 0 saturated heterocycles. The predicted molar refractivity (Wildman–Crippen MR) is 90.9 cm³/mol. The van der Waals surface area contributed by atoms with Crippen molar-refractivity contribution < 1.29 is 9.32 Å². The molecule has 7 nitrogen and oxygen atoms in total. The van der Waals surface area contributed by atoms with Gasteiger partial charge in [0, 0.05) is 12.6 Å². The van der Waals surface area contributed by atoms with Crippen LogP contribution in [0.15, 0.2) is 28.9 Å². The van der Waals surface area contributed by atoms with Crippen molar-refractivity contribution in [2.45, 2.75) is 32.7 Å². The zero-order valence-electron chi connectivity index (χ0n) is 14.4. The highest BCUT2D eigenvalue weighted by Gasteiger charge is 2.26. The SMILES string of the molecule is Cc1noc(-c2ccc3c(c2)CC[C@H]3NC(=O)c2cnc(C)n2C)n1. The van der Waals surface area contributed by atoms with Crippen molar-refractivity contribution in [3.8, 4) is 11.5 Å². The third-order valence-corrected chi connectivity index (χ3v) is 4.75. The number of fused-ring (bicyclic) bond motifs is 1. The first-order valence-electron chi connectivity index (χ1n) is 8.25. The predicted octanol–water partition coefficient (Wildman–Crippen LogP) is 2.50. The number of nitrogens with one attached hydrogen (secondary N) is 1. The fraction of sp³-hybridized carbons (Fsp3) is 0.333. The van der Waals surface area contributed by atoms with E-state index in [9.17, 15) is 4.79 Å². The molecule has 0 saturated carbocycles. The van der Waals surface area contributed by atoms with Crippen LogP contribution >= 0.6 is 0 Å². The molecule has 1 aliphatic carbocycles. The first kappa shape index (κ1) is 15.6. The van der Waals surface area contributed by atoms with Gasteiger partial charge in [0.25, 0.3) is 11.8 Å². The lowest BCUT2D eigenvalue weighted by molar-refractivity contribution is 0.0928. The van der Waals surface area contributed by atoms with Crippen LogP contribution in [0, 0.1) is 13.8 Å². The summed E-state index contributed by atoms with van der Waals surface area (Å²) in [4.78, 5) is 21.0. The van der Waals surface area contributed by atoms with Gasteiger partial charge < -0.3 is 14.4 Å². The number of hydrogen-bond donors (Lipinski definition) is 1. The summed E-state index contributed by atoms with van der Waals surface area (Å²) in [5, 5.41) is 6.95. The van der Waals surface area contributed by atoms with Gasteiger partial charge in [-0.3, -0.25) is 4.79 Å². The van der Waals surface area contributed by atoms with Crippen molar-refractivity contribution in [2.24, 2.45) is 7.05 Å². The van der Waals surface area contributed by atoms with Crippen molar-refractivity contribution in [2.75, 3.05) is 0 Å². The maximum absolute atomic E-state index is 12.5. The maximum atomic E-state index is 12.5. The molecule has 2 heterocycles. The fourth-order valence-corrected chi connectivity index (χ4v) is 3.26. The zero-order valence-corrected chi connectivity index (χ0v) is 14.4. The van der Waals surface area contributed by atoms with E-state index in [1.165, 1.54) is 5.56 Å². The molecule has 0 radical (unpaired) electrons. The molecule has 7 heteroatoms. The lowest BCUT2D eigenvalue weighted by Crippen LogP contribution is -2.28. The second-order valence-corrected chi connectivity index (χ2v) is 6.37. The Bertz CT molecular complexity index is 956. The van der Waals surface area contributed by atoms with E-state index in [0.717, 1.165) is 29.8 Å². The number of carbonyl (C=O) groups excluding carboxylic acids is 1. The molecule has 0 unspecified atom stereocenters. The average molecular weight is 337 g/mol. The van der Waals surface area contributed by atoms with Crippen molar-refractivity contribution >= 4 is 5.91 Å². The van der Waals surface area contributed by atoms with Crippen LogP contribution in [-0.4, -0.2) is 25.6 Å². The zero-order chi connectivity index (χ0) is 17.6. The van der Waals surface area contributed by atoms with E-state index in [0.29, 0.717) is 17.4 Å². The number of hydrogen-bond acceptors (Lipinski definition) is 5. The van der Waals surface area contributed by atoms with Gasteiger partial charge in [-0.05, 0) is 49.9 Å². The number of imidazole rings is 1. The lowest BCUT2D eigenvalue weighted by atomic mass is 10.0. The van der Waals surface area contributed by atoms with Crippen LogP contribution in [-0.2, 0) is 13.5 Å². The van der Waals surface area contributed by atoms with E-state index in [4.69, 9.17) is 4.52 Å². The second-order valence-electron chi connectivity index (χ2n) is 6.37. The molecule has 4 rings (SSSR count). The van der Waals surface area contributed by atoms with E-state index in [1.54, 1.807) is 17.7 Å². The summed E-state index contributed by atoms with van der Waals surface area (Å²) in [6, 6.07) is 6.08. The van der Waals surface area contributed by atoms with Crippen molar-refractivity contribution in [1.82, 2.24) is 25.0 Å². The van der Waals surface area contributed by atoms with Gasteiger partial charge in [-0.2, -0.15) is 4.98 Å². The molecule has 0 spiro atoms. The van der Waals surface area contributed by atoms with Crippen LogP contribution < -0.4 is 5.32 Å². The van der Waals surface area contributed by atoms with E-state index in [1.807, 2.05) is 26.1 Å². The molecule has 1 atom stereocenters. The highest BCUT2D eigenvalue weighted by molar-refractivity contribution is 5.92. The normalized spacial score (nSPS) is 16.0. The number of aromatic nitrogens is 4. The summed E-state index contributed by atoms with van der Waals surface area (Å²) in [5.41, 5.74) is 3.84. The molecule has 0 bridgehead atoms. The van der Waals surface area contributed by atoms with Gasteiger partial charge >= 0.3 is 0 Å². The lowest BCUT2D eigenvalue weighted by Gasteiger charge is -2.14. The molecule has 128 valence electrons. The smallest absolute Gasteiger partial charge is 0.270 e. The van der Waals surface area contributed by atoms with Crippen molar-refractivity contribution in [1.29, 1.82) is 0 Å². The van der Waals surface area contributed by atoms with E-state index in [-0.39, 0.29) is 11.9 Å². The highest BCUT2D eigenvalue weighted by Crippen LogP contribution is 2.34. The number of benzene rings is 1. The van der Waals surface area contributed by atoms with Gasteiger partial charge in [-0.1, -0.05) is 11.2 Å². The van der Waals surface area contributed by atoms with Gasteiger partial charge in [0.15, 0.2) is 5.82 Å². The Morgan fingerprint density at radius 1 is 1.36 bits per heavy atom. The molecule has 2 aromatic heterocycles. The second kappa shape index (κ2) is 5.84.